The number of carboxylic acids is 1. The number of nitrogens with zero attached hydrogens (tertiary/aromatic N) is 3. The number of aromatic nitrogens is 2. The Morgan fingerprint density at radius 1 is 1.25 bits per heavy atom. The van der Waals surface area contributed by atoms with Crippen molar-refractivity contribution in [1.29, 1.82) is 0 Å². The summed E-state index contributed by atoms with van der Waals surface area (Å²) in [5.74, 6) is -0.816. The monoisotopic (exact) mass is 496 g/mol. The molecule has 2 heterocycles. The van der Waals surface area contributed by atoms with Crippen LogP contribution in [0.25, 0.3) is 11.5 Å². The maximum atomic E-state index is 14.7. The average molecular weight is 497 g/mol. The molecule has 1 aliphatic rings. The molecule has 0 amide bonds. The van der Waals surface area contributed by atoms with Crippen LogP contribution in [0.3, 0.4) is 0 Å². The van der Waals surface area contributed by atoms with Crippen molar-refractivity contribution in [3.05, 3.63) is 53.3 Å². The molecule has 0 saturated heterocycles. The molecule has 0 spiro atoms. The summed E-state index contributed by atoms with van der Waals surface area (Å²) in [6, 6.07) is 10.7. The molecular formula is C27H33FN4O4. The Bertz CT molecular complexity index is 1230. The molecule has 8 nitrogen and oxygen atoms in total. The Hall–Kier alpha value is -3.46. The Kier molecular flexibility index (Phi) is 7.31. The molecule has 2 aromatic carbocycles. The van der Waals surface area contributed by atoms with Gasteiger partial charge in [-0.3, -0.25) is 4.79 Å². The number of benzene rings is 2. The minimum absolute atomic E-state index is 0.0538. The molecule has 0 radical (unpaired) electrons. The highest BCUT2D eigenvalue weighted by Gasteiger charge is 2.31. The van der Waals surface area contributed by atoms with Crippen molar-refractivity contribution in [2.24, 2.45) is 11.3 Å². The van der Waals surface area contributed by atoms with Gasteiger partial charge in [-0.1, -0.05) is 32.9 Å². The van der Waals surface area contributed by atoms with E-state index < -0.39 is 17.7 Å². The molecule has 1 atom stereocenters. The normalized spacial score (nSPS) is 14.2. The van der Waals surface area contributed by atoms with E-state index in [0.29, 0.717) is 31.3 Å². The molecule has 1 aliphatic heterocycles. The third-order valence-electron chi connectivity index (χ3n) is 6.26. The van der Waals surface area contributed by atoms with Gasteiger partial charge in [0.05, 0.1) is 17.6 Å². The number of fused-ring (bicyclic) bond motifs is 1. The summed E-state index contributed by atoms with van der Waals surface area (Å²) in [5.41, 5.74) is 3.10. The zero-order valence-corrected chi connectivity index (χ0v) is 21.3. The van der Waals surface area contributed by atoms with Crippen LogP contribution in [0.1, 0.15) is 45.7 Å². The maximum absolute atomic E-state index is 14.7. The van der Waals surface area contributed by atoms with Gasteiger partial charge >= 0.3 is 5.97 Å². The SMILES string of the molecule is CC(C)Oc1ccc(-c2nc(N3CCc4cc(CNCC(C(=O)O)C(C)(C)C)ccc43)no2)c(F)c1. The quantitative estimate of drug-likeness (QED) is 0.417. The van der Waals surface area contributed by atoms with E-state index in [0.717, 1.165) is 23.2 Å². The smallest absolute Gasteiger partial charge is 0.308 e. The van der Waals surface area contributed by atoms with Crippen LogP contribution in [-0.4, -0.2) is 40.4 Å². The van der Waals surface area contributed by atoms with Gasteiger partial charge in [0.2, 0.25) is 0 Å². The highest BCUT2D eigenvalue weighted by molar-refractivity contribution is 5.71. The maximum Gasteiger partial charge on any atom is 0.308 e. The van der Waals surface area contributed by atoms with Gasteiger partial charge in [0.1, 0.15) is 11.6 Å². The zero-order valence-electron chi connectivity index (χ0n) is 21.3. The van der Waals surface area contributed by atoms with Crippen molar-refractivity contribution in [3.63, 3.8) is 0 Å². The number of halogens is 1. The minimum atomic E-state index is -0.793. The Balaban J connectivity index is 1.44. The standard InChI is InChI=1S/C27H33FN4O4/c1-16(2)35-19-7-8-20(22(28)13-19)24-30-26(31-36-24)32-11-10-18-12-17(6-9-23(18)32)14-29-15-21(25(33)34)27(3,4)5/h6-9,12-13,16,21,29H,10-11,14-15H2,1-5H3,(H,33,34). The van der Waals surface area contributed by atoms with Crippen molar-refractivity contribution in [1.82, 2.24) is 15.5 Å². The first-order valence-electron chi connectivity index (χ1n) is 12.2. The molecule has 4 rings (SSSR count). The highest BCUT2D eigenvalue weighted by Crippen LogP contribution is 2.35. The van der Waals surface area contributed by atoms with E-state index in [1.807, 2.05) is 51.7 Å². The van der Waals surface area contributed by atoms with E-state index >= 15 is 0 Å². The van der Waals surface area contributed by atoms with Gasteiger partial charge in [0.25, 0.3) is 11.8 Å². The first-order valence-corrected chi connectivity index (χ1v) is 12.2. The first-order chi connectivity index (χ1) is 17.0. The van der Waals surface area contributed by atoms with Crippen molar-refractivity contribution in [2.45, 2.75) is 53.7 Å². The van der Waals surface area contributed by atoms with E-state index in [2.05, 4.69) is 21.5 Å². The van der Waals surface area contributed by atoms with Crippen LogP contribution in [0.5, 0.6) is 5.75 Å². The van der Waals surface area contributed by atoms with Crippen LogP contribution in [0.2, 0.25) is 0 Å². The molecule has 3 aromatic rings. The molecule has 1 aromatic heterocycles. The summed E-state index contributed by atoms with van der Waals surface area (Å²) < 4.78 is 25.6. The van der Waals surface area contributed by atoms with Gasteiger partial charge in [-0.2, -0.15) is 4.98 Å². The number of carboxylic acid groups (broad SMARTS) is 1. The molecule has 9 heteroatoms. The lowest BCUT2D eigenvalue weighted by atomic mass is 9.80. The van der Waals surface area contributed by atoms with E-state index in [1.54, 1.807) is 12.1 Å². The molecule has 0 bridgehead atoms. The van der Waals surface area contributed by atoms with Crippen molar-refractivity contribution >= 4 is 17.6 Å². The minimum Gasteiger partial charge on any atom is -0.491 e. The van der Waals surface area contributed by atoms with Crippen LogP contribution in [0, 0.1) is 17.2 Å². The summed E-state index contributed by atoms with van der Waals surface area (Å²) >= 11 is 0. The summed E-state index contributed by atoms with van der Waals surface area (Å²) in [6.07, 6.45) is 0.754. The third-order valence-corrected chi connectivity index (χ3v) is 6.26. The number of rotatable bonds is 9. The average Bonchev–Trinajstić information content (AvgIpc) is 3.42. The summed E-state index contributed by atoms with van der Waals surface area (Å²) in [4.78, 5) is 18.0. The highest BCUT2D eigenvalue weighted by atomic mass is 19.1. The van der Waals surface area contributed by atoms with Crippen LogP contribution in [0.15, 0.2) is 40.9 Å². The van der Waals surface area contributed by atoms with E-state index in [4.69, 9.17) is 9.26 Å². The number of ether oxygens (including phenoxy) is 1. The molecule has 0 aliphatic carbocycles. The van der Waals surface area contributed by atoms with Crippen LogP contribution in [-0.2, 0) is 17.8 Å². The predicted molar refractivity (Wildman–Crippen MR) is 135 cm³/mol. The Morgan fingerprint density at radius 3 is 2.69 bits per heavy atom. The van der Waals surface area contributed by atoms with E-state index in [-0.39, 0.29) is 23.0 Å². The molecule has 0 saturated carbocycles. The fourth-order valence-electron chi connectivity index (χ4n) is 4.35. The van der Waals surface area contributed by atoms with E-state index in [9.17, 15) is 14.3 Å². The summed E-state index contributed by atoms with van der Waals surface area (Å²) in [6.45, 7) is 11.2. The molecule has 2 N–H and O–H groups in total. The van der Waals surface area contributed by atoms with Crippen LogP contribution < -0.4 is 15.0 Å². The Morgan fingerprint density at radius 2 is 2.03 bits per heavy atom. The summed E-state index contributed by atoms with van der Waals surface area (Å²) in [7, 11) is 0. The fraction of sp³-hybridized carbons (Fsp3) is 0.444. The van der Waals surface area contributed by atoms with Gasteiger partial charge in [-0.25, -0.2) is 4.39 Å². The third kappa shape index (κ3) is 5.67. The lowest BCUT2D eigenvalue weighted by Crippen LogP contribution is -2.37. The topological polar surface area (TPSA) is 101 Å². The lowest BCUT2D eigenvalue weighted by Gasteiger charge is -2.27. The van der Waals surface area contributed by atoms with Gasteiger partial charge in [0, 0.05) is 31.4 Å². The first kappa shape index (κ1) is 25.6. The van der Waals surface area contributed by atoms with Crippen molar-refractivity contribution < 1.29 is 23.6 Å². The Labute approximate surface area is 210 Å². The second kappa shape index (κ2) is 10.3. The summed E-state index contributed by atoms with van der Waals surface area (Å²) in [5, 5.41) is 16.9. The van der Waals surface area contributed by atoms with Crippen molar-refractivity contribution in [2.75, 3.05) is 18.0 Å². The number of hydrogen-bond acceptors (Lipinski definition) is 7. The van der Waals surface area contributed by atoms with Crippen LogP contribution in [0.4, 0.5) is 16.0 Å². The van der Waals surface area contributed by atoms with Gasteiger partial charge in [-0.15, -0.1) is 0 Å². The predicted octanol–water partition coefficient (Wildman–Crippen LogP) is 5.19. The fourth-order valence-corrected chi connectivity index (χ4v) is 4.35. The van der Waals surface area contributed by atoms with E-state index in [1.165, 1.54) is 6.07 Å². The molecule has 36 heavy (non-hydrogen) atoms. The molecule has 192 valence electrons. The number of aliphatic carboxylic acids is 1. The number of carbonyl (C=O) groups is 1. The van der Waals surface area contributed by atoms with Gasteiger partial charge in [-0.05, 0) is 60.2 Å². The number of hydrogen-bond donors (Lipinski definition) is 2. The zero-order chi connectivity index (χ0) is 26.0. The van der Waals surface area contributed by atoms with Crippen molar-refractivity contribution in [3.8, 4) is 17.2 Å². The largest absolute Gasteiger partial charge is 0.491 e. The molecule has 0 fully saturated rings. The molecular weight excluding hydrogens is 463 g/mol. The second-order valence-electron chi connectivity index (χ2n) is 10.5. The van der Waals surface area contributed by atoms with Gasteiger partial charge in [0.15, 0.2) is 0 Å². The van der Waals surface area contributed by atoms with Crippen LogP contribution >= 0.6 is 0 Å². The molecule has 1 unspecified atom stereocenters. The second-order valence-corrected chi connectivity index (χ2v) is 10.5. The number of nitrogens with one attached hydrogen (secondary N) is 1. The number of anilines is 2. The lowest BCUT2D eigenvalue weighted by molar-refractivity contribution is -0.145. The van der Waals surface area contributed by atoms with Gasteiger partial charge < -0.3 is 24.6 Å².